The first kappa shape index (κ1) is 52.6. The van der Waals surface area contributed by atoms with Crippen molar-refractivity contribution in [2.45, 2.75) is 219 Å². The van der Waals surface area contributed by atoms with Crippen molar-refractivity contribution in [2.75, 3.05) is 23.7 Å². The molecule has 0 heterocycles. The minimum absolute atomic E-state index is 0.153. The molecular weight excluding hydrogens is 721 g/mol. The van der Waals surface area contributed by atoms with Crippen LogP contribution in [0.15, 0.2) is 48.5 Å². The Morgan fingerprint density at radius 3 is 1.02 bits per heavy atom. The van der Waals surface area contributed by atoms with Gasteiger partial charge in [-0.05, 0) is 49.2 Å². The summed E-state index contributed by atoms with van der Waals surface area (Å²) in [6, 6.07) is 12.7. The molecule has 0 radical (unpaired) electrons. The normalized spacial score (nSPS) is 10.8. The summed E-state index contributed by atoms with van der Waals surface area (Å²) >= 11 is 0. The van der Waals surface area contributed by atoms with Crippen molar-refractivity contribution >= 4 is 23.4 Å². The maximum Gasteiger partial charge on any atom is 0.319 e. The topological polar surface area (TPSA) is 123 Å². The van der Waals surface area contributed by atoms with E-state index in [0.29, 0.717) is 24.5 Å². The summed E-state index contributed by atoms with van der Waals surface area (Å²) in [6.07, 6.45) is 43.3. The van der Waals surface area contributed by atoms with Crippen LogP contribution in [0, 0.1) is 0 Å². The smallest absolute Gasteiger partial charge is 0.319 e. The number of amides is 4. The maximum atomic E-state index is 11.8. The number of carbonyl (C=O) groups is 2. The molecule has 0 aromatic heterocycles. The summed E-state index contributed by atoms with van der Waals surface area (Å²) in [5.74, 6) is 0.352. The van der Waals surface area contributed by atoms with E-state index >= 15 is 0 Å². The Morgan fingerprint density at radius 1 is 0.379 bits per heavy atom. The molecule has 6 N–H and O–H groups in total. The Bertz CT molecular complexity index is 1210. The summed E-state index contributed by atoms with van der Waals surface area (Å²) in [5.41, 5.74) is 1.29. The van der Waals surface area contributed by atoms with Crippen LogP contribution in [0.5, 0.6) is 11.5 Å². The third kappa shape index (κ3) is 35.7. The maximum absolute atomic E-state index is 11.8. The lowest BCUT2D eigenvalue weighted by Crippen LogP contribution is -2.29. The number of urea groups is 2. The van der Waals surface area contributed by atoms with Crippen LogP contribution in [0.3, 0.4) is 0 Å². The molecule has 58 heavy (non-hydrogen) atoms. The average Bonchev–Trinajstić information content (AvgIpc) is 3.21. The second-order valence-electron chi connectivity index (χ2n) is 16.5. The highest BCUT2D eigenvalue weighted by Crippen LogP contribution is 2.17. The highest BCUT2D eigenvalue weighted by atomic mass is 16.3. The first-order valence-corrected chi connectivity index (χ1v) is 24.1. The molecule has 2 aromatic rings. The molecule has 0 spiro atoms. The van der Waals surface area contributed by atoms with E-state index < -0.39 is 0 Å². The van der Waals surface area contributed by atoms with E-state index in [1.54, 1.807) is 42.5 Å². The fourth-order valence-corrected chi connectivity index (χ4v) is 7.23. The van der Waals surface area contributed by atoms with Gasteiger partial charge in [-0.2, -0.15) is 0 Å². The highest BCUT2D eigenvalue weighted by molar-refractivity contribution is 5.89. The van der Waals surface area contributed by atoms with E-state index in [2.05, 4.69) is 35.1 Å². The Balaban J connectivity index is 0.000000580. The number of nitrogens with one attached hydrogen (secondary N) is 4. The second-order valence-corrected chi connectivity index (χ2v) is 16.5. The molecule has 8 heteroatoms. The van der Waals surface area contributed by atoms with Gasteiger partial charge in [-0.25, -0.2) is 9.59 Å². The second kappa shape index (κ2) is 40.4. The van der Waals surface area contributed by atoms with Gasteiger partial charge < -0.3 is 31.5 Å². The Morgan fingerprint density at radius 2 is 0.690 bits per heavy atom. The molecule has 0 unspecified atom stereocenters. The molecule has 4 amide bonds. The van der Waals surface area contributed by atoms with Gasteiger partial charge in [0.05, 0.1) is 0 Å². The number of phenols is 2. The monoisotopic (exact) mass is 809 g/mol. The number of benzene rings is 2. The van der Waals surface area contributed by atoms with Crippen molar-refractivity contribution < 1.29 is 19.8 Å². The fourth-order valence-electron chi connectivity index (χ4n) is 7.23. The quantitative estimate of drug-likeness (QED) is 0.0303. The SMILES string of the molecule is CCCCCCCCCCCCCCCCCCNC(=O)Nc1ccc(O)cc1.CCCCCCCCCCCCCCCCCCNC(=O)Nc1cccc(O)c1. The van der Waals surface area contributed by atoms with Gasteiger partial charge in [-0.3, -0.25) is 0 Å². The number of anilines is 2. The Labute approximate surface area is 355 Å². The van der Waals surface area contributed by atoms with Gasteiger partial charge in [0.15, 0.2) is 0 Å². The van der Waals surface area contributed by atoms with Crippen LogP contribution in [-0.2, 0) is 0 Å². The number of unbranched alkanes of at least 4 members (excludes halogenated alkanes) is 30. The summed E-state index contributed by atoms with van der Waals surface area (Å²) in [6.45, 7) is 5.96. The van der Waals surface area contributed by atoms with Crippen molar-refractivity contribution in [3.05, 3.63) is 48.5 Å². The van der Waals surface area contributed by atoms with E-state index in [0.717, 1.165) is 12.8 Å². The number of aromatic hydroxyl groups is 2. The molecule has 0 saturated carbocycles. The van der Waals surface area contributed by atoms with Crippen molar-refractivity contribution in [3.8, 4) is 11.5 Å². The lowest BCUT2D eigenvalue weighted by atomic mass is 10.0. The van der Waals surface area contributed by atoms with Gasteiger partial charge in [0.1, 0.15) is 11.5 Å². The number of carbonyl (C=O) groups excluding carboxylic acids is 2. The van der Waals surface area contributed by atoms with E-state index in [1.165, 1.54) is 199 Å². The van der Waals surface area contributed by atoms with Gasteiger partial charge in [-0.15, -0.1) is 0 Å². The standard InChI is InChI=1S/2C25H44N2O2/c1-2-3-4-5-6-7-8-9-10-11-12-13-14-15-16-17-22-26-25(29)27-23-18-20-24(28)21-19-23;1-2-3-4-5-6-7-8-9-10-11-12-13-14-15-16-17-21-26-25(29)27-23-19-18-20-24(28)22-23/h18-21,28H,2-17,22H2,1H3,(H2,26,27,29);18-20,22,28H,2-17,21H2,1H3,(H2,26,27,29). The van der Waals surface area contributed by atoms with Gasteiger partial charge >= 0.3 is 12.1 Å². The number of rotatable bonds is 36. The van der Waals surface area contributed by atoms with Crippen LogP contribution in [0.1, 0.15) is 219 Å². The van der Waals surface area contributed by atoms with Crippen LogP contribution in [0.4, 0.5) is 21.0 Å². The van der Waals surface area contributed by atoms with Gasteiger partial charge in [0.25, 0.3) is 0 Å². The number of hydrogen-bond acceptors (Lipinski definition) is 4. The molecule has 2 rings (SSSR count). The molecule has 8 nitrogen and oxygen atoms in total. The van der Waals surface area contributed by atoms with E-state index in [9.17, 15) is 19.8 Å². The molecule has 332 valence electrons. The van der Waals surface area contributed by atoms with Crippen molar-refractivity contribution in [2.24, 2.45) is 0 Å². The van der Waals surface area contributed by atoms with Gasteiger partial charge in [0, 0.05) is 30.5 Å². The minimum atomic E-state index is -0.212. The number of phenolic OH excluding ortho intramolecular Hbond substituents is 2. The van der Waals surface area contributed by atoms with Gasteiger partial charge in [0.2, 0.25) is 0 Å². The minimum Gasteiger partial charge on any atom is -0.508 e. The summed E-state index contributed by atoms with van der Waals surface area (Å²) in [4.78, 5) is 23.6. The van der Waals surface area contributed by atoms with Crippen LogP contribution in [0.25, 0.3) is 0 Å². The zero-order valence-electron chi connectivity index (χ0n) is 37.4. The molecule has 0 aliphatic rings. The fraction of sp³-hybridized carbons (Fsp3) is 0.720. The molecular formula is C50H88N4O4. The number of hydrogen-bond donors (Lipinski definition) is 6. The van der Waals surface area contributed by atoms with Crippen molar-refractivity contribution in [1.29, 1.82) is 0 Å². The van der Waals surface area contributed by atoms with E-state index in [1.807, 2.05) is 0 Å². The first-order chi connectivity index (χ1) is 28.4. The first-order valence-electron chi connectivity index (χ1n) is 24.1. The van der Waals surface area contributed by atoms with Crippen LogP contribution in [0.2, 0.25) is 0 Å². The third-order valence-corrected chi connectivity index (χ3v) is 10.9. The largest absolute Gasteiger partial charge is 0.508 e. The Kier molecular flexibility index (Phi) is 36.6. The highest BCUT2D eigenvalue weighted by Gasteiger charge is 2.03. The van der Waals surface area contributed by atoms with E-state index in [-0.39, 0.29) is 23.6 Å². The lowest BCUT2D eigenvalue weighted by molar-refractivity contribution is 0.251. The molecule has 0 aliphatic carbocycles. The lowest BCUT2D eigenvalue weighted by Gasteiger charge is -2.08. The summed E-state index contributed by atoms with van der Waals surface area (Å²) in [7, 11) is 0. The molecule has 0 saturated heterocycles. The zero-order chi connectivity index (χ0) is 42.0. The molecule has 0 fully saturated rings. The molecule has 2 aromatic carbocycles. The summed E-state index contributed by atoms with van der Waals surface area (Å²) in [5, 5.41) is 29.9. The van der Waals surface area contributed by atoms with Crippen LogP contribution < -0.4 is 21.3 Å². The van der Waals surface area contributed by atoms with Crippen molar-refractivity contribution in [1.82, 2.24) is 10.6 Å². The Hall–Kier alpha value is -3.42. The predicted octanol–water partition coefficient (Wildman–Crippen LogP) is 15.6. The van der Waals surface area contributed by atoms with Crippen molar-refractivity contribution in [3.63, 3.8) is 0 Å². The molecule has 0 bridgehead atoms. The molecule has 0 aliphatic heterocycles. The van der Waals surface area contributed by atoms with E-state index in [4.69, 9.17) is 0 Å². The summed E-state index contributed by atoms with van der Waals surface area (Å²) < 4.78 is 0. The van der Waals surface area contributed by atoms with Gasteiger partial charge in [-0.1, -0.05) is 213 Å². The van der Waals surface area contributed by atoms with Crippen LogP contribution in [-0.4, -0.2) is 35.4 Å². The van der Waals surface area contributed by atoms with Crippen LogP contribution >= 0.6 is 0 Å². The predicted molar refractivity (Wildman–Crippen MR) is 249 cm³/mol. The average molecular weight is 809 g/mol. The zero-order valence-corrected chi connectivity index (χ0v) is 37.4. The molecule has 0 atom stereocenters. The third-order valence-electron chi connectivity index (χ3n) is 10.9.